The molecule has 10 heteroatoms. The van der Waals surface area contributed by atoms with Gasteiger partial charge in [0.25, 0.3) is 0 Å². The third-order valence-corrected chi connectivity index (χ3v) is 8.37. The number of pyridine rings is 1. The number of nitrogens with one attached hydrogen (secondary N) is 1. The smallest absolute Gasteiger partial charge is 0.416 e. The lowest BCUT2D eigenvalue weighted by atomic mass is 9.88. The molecule has 1 aromatic heterocycles. The second-order valence-electron chi connectivity index (χ2n) is 11.7. The predicted molar refractivity (Wildman–Crippen MR) is 159 cm³/mol. The number of aliphatic hydroxyl groups excluding tert-OH is 1. The van der Waals surface area contributed by atoms with Crippen LogP contribution in [0.25, 0.3) is 11.1 Å². The van der Waals surface area contributed by atoms with Crippen LogP contribution in [-0.4, -0.2) is 57.3 Å². The van der Waals surface area contributed by atoms with Gasteiger partial charge in [0.15, 0.2) is 0 Å². The van der Waals surface area contributed by atoms with Crippen LogP contribution in [0.2, 0.25) is 0 Å². The molecule has 0 saturated carbocycles. The number of hydrogen-bond donors (Lipinski definition) is 3. The first-order valence-corrected chi connectivity index (χ1v) is 14.8. The Hall–Kier alpha value is -2.92. The van der Waals surface area contributed by atoms with Gasteiger partial charge in [-0.25, -0.2) is 4.31 Å². The number of alkyl halides is 3. The fourth-order valence-corrected chi connectivity index (χ4v) is 6.49. The Kier molecular flexibility index (Phi) is 10.4. The number of halogens is 3. The van der Waals surface area contributed by atoms with Gasteiger partial charge in [-0.05, 0) is 99.0 Å². The summed E-state index contributed by atoms with van der Waals surface area (Å²) in [6, 6.07) is 15.7. The molecule has 4 rings (SSSR count). The van der Waals surface area contributed by atoms with Crippen LogP contribution in [0.15, 0.2) is 65.7 Å². The average molecular weight is 602 g/mol. The molecule has 0 saturated heterocycles. The number of hydrogen-bond acceptors (Lipinski definition) is 6. The molecule has 2 aromatic carbocycles. The van der Waals surface area contributed by atoms with E-state index in [0.717, 1.165) is 43.3 Å². The zero-order valence-corrected chi connectivity index (χ0v) is 24.9. The standard InChI is InChI=1S/C32H38F3N3O3S/c1-31(2,17-21-12-22-6-4-5-7-23(22)13-21)37-19-28(39)20-38(3)42-29-15-25(14-26(16-29)32(33,34)35)24-8-9-27(36-18-24)10-11-30(40)41/h4-9,14-16,18,21,28,37,39H,10-13,17,19-20H2,1-3H3,(H,40,41). The van der Waals surface area contributed by atoms with E-state index in [2.05, 4.69) is 48.4 Å². The summed E-state index contributed by atoms with van der Waals surface area (Å²) in [6.45, 7) is 4.90. The van der Waals surface area contributed by atoms with Crippen LogP contribution in [0.3, 0.4) is 0 Å². The summed E-state index contributed by atoms with van der Waals surface area (Å²) in [5.41, 5.74) is 3.30. The van der Waals surface area contributed by atoms with Crippen molar-refractivity contribution in [2.24, 2.45) is 5.92 Å². The zero-order chi connectivity index (χ0) is 30.5. The number of fused-ring (bicyclic) bond motifs is 1. The van der Waals surface area contributed by atoms with Crippen molar-refractivity contribution in [1.82, 2.24) is 14.6 Å². The number of carboxylic acids is 1. The molecular formula is C32H38F3N3O3S. The Morgan fingerprint density at radius 3 is 2.38 bits per heavy atom. The number of aliphatic carboxylic acids is 1. The van der Waals surface area contributed by atoms with Crippen LogP contribution in [0.1, 0.15) is 49.1 Å². The number of benzene rings is 2. The minimum Gasteiger partial charge on any atom is -0.481 e. The number of nitrogens with zero attached hydrogens (tertiary/aromatic N) is 2. The Morgan fingerprint density at radius 2 is 1.79 bits per heavy atom. The molecule has 226 valence electrons. The fraction of sp³-hybridized carbons (Fsp3) is 0.438. The molecule has 0 amide bonds. The molecule has 1 aliphatic rings. The minimum atomic E-state index is -4.53. The lowest BCUT2D eigenvalue weighted by Gasteiger charge is -2.31. The average Bonchev–Trinajstić information content (AvgIpc) is 3.32. The molecule has 1 atom stereocenters. The second kappa shape index (κ2) is 13.6. The molecule has 3 aromatic rings. The van der Waals surface area contributed by atoms with Crippen LogP contribution in [-0.2, 0) is 30.2 Å². The molecule has 0 fully saturated rings. The molecule has 0 spiro atoms. The highest BCUT2D eigenvalue weighted by Gasteiger charge is 2.32. The van der Waals surface area contributed by atoms with Gasteiger partial charge in [-0.2, -0.15) is 13.2 Å². The van der Waals surface area contributed by atoms with E-state index in [0.29, 0.717) is 34.2 Å². The summed E-state index contributed by atoms with van der Waals surface area (Å²) < 4.78 is 43.0. The van der Waals surface area contributed by atoms with Gasteiger partial charge in [0.2, 0.25) is 0 Å². The maximum atomic E-state index is 13.7. The predicted octanol–water partition coefficient (Wildman–Crippen LogP) is 6.26. The number of carboxylic acid groups (broad SMARTS) is 1. The van der Waals surface area contributed by atoms with Gasteiger partial charge < -0.3 is 15.5 Å². The van der Waals surface area contributed by atoms with Gasteiger partial charge in [0, 0.05) is 47.4 Å². The Labute approximate surface area is 249 Å². The number of aromatic nitrogens is 1. The van der Waals surface area contributed by atoms with Crippen LogP contribution >= 0.6 is 11.9 Å². The summed E-state index contributed by atoms with van der Waals surface area (Å²) >= 11 is 1.14. The summed E-state index contributed by atoms with van der Waals surface area (Å²) in [6.07, 6.45) is -0.511. The fourth-order valence-electron chi connectivity index (χ4n) is 5.52. The highest BCUT2D eigenvalue weighted by Crippen LogP contribution is 2.37. The van der Waals surface area contributed by atoms with E-state index in [1.807, 2.05) is 0 Å². The van der Waals surface area contributed by atoms with Gasteiger partial charge in [-0.15, -0.1) is 0 Å². The third kappa shape index (κ3) is 9.29. The van der Waals surface area contributed by atoms with E-state index in [4.69, 9.17) is 5.11 Å². The van der Waals surface area contributed by atoms with Gasteiger partial charge in [-0.1, -0.05) is 30.3 Å². The van der Waals surface area contributed by atoms with Crippen molar-refractivity contribution in [2.45, 2.75) is 68.7 Å². The molecule has 0 aliphatic heterocycles. The quantitative estimate of drug-likeness (QED) is 0.200. The van der Waals surface area contributed by atoms with Crippen molar-refractivity contribution in [2.75, 3.05) is 20.1 Å². The van der Waals surface area contributed by atoms with Crippen molar-refractivity contribution >= 4 is 17.9 Å². The molecule has 1 unspecified atom stereocenters. The van der Waals surface area contributed by atoms with E-state index in [-0.39, 0.29) is 24.9 Å². The molecule has 0 radical (unpaired) electrons. The first-order chi connectivity index (χ1) is 19.8. The maximum absolute atomic E-state index is 13.7. The van der Waals surface area contributed by atoms with Crippen LogP contribution in [0, 0.1) is 5.92 Å². The Balaban J connectivity index is 1.34. The highest BCUT2D eigenvalue weighted by molar-refractivity contribution is 7.97. The zero-order valence-electron chi connectivity index (χ0n) is 24.1. The lowest BCUT2D eigenvalue weighted by Crippen LogP contribution is -2.46. The van der Waals surface area contributed by atoms with Gasteiger partial charge in [-0.3, -0.25) is 9.78 Å². The number of aliphatic hydroxyl groups is 1. The van der Waals surface area contributed by atoms with Crippen LogP contribution < -0.4 is 5.32 Å². The normalized spacial score (nSPS) is 14.8. The first kappa shape index (κ1) is 32.0. The summed E-state index contributed by atoms with van der Waals surface area (Å²) in [5, 5.41) is 23.1. The molecule has 42 heavy (non-hydrogen) atoms. The van der Waals surface area contributed by atoms with Gasteiger partial charge in [0.05, 0.1) is 18.1 Å². The van der Waals surface area contributed by atoms with Gasteiger partial charge in [0.1, 0.15) is 0 Å². The lowest BCUT2D eigenvalue weighted by molar-refractivity contribution is -0.138. The minimum absolute atomic E-state index is 0.0722. The molecule has 0 bridgehead atoms. The van der Waals surface area contributed by atoms with Crippen LogP contribution in [0.5, 0.6) is 0 Å². The number of β-amino-alcohol motifs (C(OH)–C–C–N with tert-alkyl or cyclic N) is 1. The number of aryl methyl sites for hydroxylation is 1. The van der Waals surface area contributed by atoms with Crippen molar-refractivity contribution in [3.8, 4) is 11.1 Å². The first-order valence-electron chi connectivity index (χ1n) is 14.1. The highest BCUT2D eigenvalue weighted by atomic mass is 32.2. The van der Waals surface area contributed by atoms with E-state index in [1.54, 1.807) is 29.6 Å². The van der Waals surface area contributed by atoms with Gasteiger partial charge >= 0.3 is 12.1 Å². The maximum Gasteiger partial charge on any atom is 0.416 e. The van der Waals surface area contributed by atoms with Crippen LogP contribution in [0.4, 0.5) is 13.2 Å². The summed E-state index contributed by atoms with van der Waals surface area (Å²) in [5.74, 6) is -0.393. The van der Waals surface area contributed by atoms with Crippen molar-refractivity contribution in [3.63, 3.8) is 0 Å². The summed E-state index contributed by atoms with van der Waals surface area (Å²) in [7, 11) is 1.74. The van der Waals surface area contributed by atoms with Crippen molar-refractivity contribution in [1.29, 1.82) is 0 Å². The largest absolute Gasteiger partial charge is 0.481 e. The molecule has 6 nitrogen and oxygen atoms in total. The number of rotatable bonds is 13. The number of likely N-dealkylation sites (N-methyl/N-ethyl adjacent to an activating group) is 1. The Bertz CT molecular complexity index is 1340. The Morgan fingerprint density at radius 1 is 1.10 bits per heavy atom. The molecule has 1 heterocycles. The molecule has 1 aliphatic carbocycles. The second-order valence-corrected chi connectivity index (χ2v) is 13.0. The van der Waals surface area contributed by atoms with E-state index < -0.39 is 23.8 Å². The van der Waals surface area contributed by atoms with E-state index >= 15 is 0 Å². The third-order valence-electron chi connectivity index (χ3n) is 7.47. The molecular weight excluding hydrogens is 563 g/mol. The monoisotopic (exact) mass is 601 g/mol. The summed E-state index contributed by atoms with van der Waals surface area (Å²) in [4.78, 5) is 15.4. The van der Waals surface area contributed by atoms with Crippen molar-refractivity contribution in [3.05, 3.63) is 83.2 Å². The topological polar surface area (TPSA) is 85.7 Å². The van der Waals surface area contributed by atoms with E-state index in [1.165, 1.54) is 17.3 Å². The SMILES string of the molecule is CN(CC(O)CNC(C)(C)CC1Cc2ccccc2C1)Sc1cc(-c2ccc(CCC(=O)O)nc2)cc(C(F)(F)F)c1. The van der Waals surface area contributed by atoms with Crippen molar-refractivity contribution < 1.29 is 28.2 Å². The molecule has 3 N–H and O–H groups in total. The number of carbonyl (C=O) groups is 1. The van der Waals surface area contributed by atoms with E-state index in [9.17, 15) is 23.1 Å².